The molecule has 0 radical (unpaired) electrons. The number of benzene rings is 1. The fourth-order valence-corrected chi connectivity index (χ4v) is 3.52. The predicted octanol–water partition coefficient (Wildman–Crippen LogP) is 1.01. The number of sulfonamides is 1. The highest BCUT2D eigenvalue weighted by Crippen LogP contribution is 2.19. The van der Waals surface area contributed by atoms with Crippen molar-refractivity contribution in [3.05, 3.63) is 35.4 Å². The van der Waals surface area contributed by atoms with E-state index in [9.17, 15) is 13.2 Å². The zero-order chi connectivity index (χ0) is 13.2. The second-order valence-corrected chi connectivity index (χ2v) is 6.24. The van der Waals surface area contributed by atoms with E-state index in [1.165, 1.54) is 11.4 Å². The fourth-order valence-electron chi connectivity index (χ4n) is 2.03. The summed E-state index contributed by atoms with van der Waals surface area (Å²) in [6, 6.07) is 6.91. The van der Waals surface area contributed by atoms with Gasteiger partial charge in [0.1, 0.15) is 0 Å². The molecule has 18 heavy (non-hydrogen) atoms. The van der Waals surface area contributed by atoms with Crippen molar-refractivity contribution < 1.29 is 17.9 Å². The number of rotatable bonds is 3. The fraction of sp³-hybridized carbons (Fsp3) is 0.417. The number of hydrogen-bond acceptors (Lipinski definition) is 4. The minimum absolute atomic E-state index is 0.188. The Morgan fingerprint density at radius 1 is 1.39 bits per heavy atom. The Kier molecular flexibility index (Phi) is 3.68. The van der Waals surface area contributed by atoms with Crippen LogP contribution in [0.1, 0.15) is 22.3 Å². The number of carbonyl (C=O) groups is 1. The Labute approximate surface area is 106 Å². The highest BCUT2D eigenvalue weighted by molar-refractivity contribution is 7.89. The molecule has 1 aliphatic heterocycles. The van der Waals surface area contributed by atoms with Gasteiger partial charge < -0.3 is 4.74 Å². The van der Waals surface area contributed by atoms with Gasteiger partial charge in [-0.1, -0.05) is 18.2 Å². The smallest absolute Gasteiger partial charge is 0.338 e. The van der Waals surface area contributed by atoms with Crippen molar-refractivity contribution in [3.8, 4) is 0 Å². The Hall–Kier alpha value is -1.40. The van der Waals surface area contributed by atoms with E-state index in [-0.39, 0.29) is 12.3 Å². The molecule has 2 rings (SSSR count). The summed E-state index contributed by atoms with van der Waals surface area (Å²) in [5.41, 5.74) is 1.09. The average molecular weight is 269 g/mol. The number of methoxy groups -OCH3 is 1. The van der Waals surface area contributed by atoms with Gasteiger partial charge >= 0.3 is 5.97 Å². The SMILES string of the molecule is COC(=O)c1ccccc1CN1CCCS1(=O)=O. The molecule has 0 spiro atoms. The lowest BCUT2D eigenvalue weighted by Crippen LogP contribution is -2.26. The summed E-state index contributed by atoms with van der Waals surface area (Å²) in [5.74, 6) is -0.255. The molecule has 0 bridgehead atoms. The van der Waals surface area contributed by atoms with E-state index >= 15 is 0 Å². The second kappa shape index (κ2) is 5.07. The number of hydrogen-bond donors (Lipinski definition) is 0. The minimum atomic E-state index is -3.15. The number of nitrogens with zero attached hydrogens (tertiary/aromatic N) is 1. The van der Waals surface area contributed by atoms with Crippen LogP contribution in [0.5, 0.6) is 0 Å². The van der Waals surface area contributed by atoms with Crippen LogP contribution in [0.25, 0.3) is 0 Å². The van der Waals surface area contributed by atoms with E-state index in [0.717, 1.165) is 0 Å². The third kappa shape index (κ3) is 2.54. The maximum atomic E-state index is 11.7. The largest absolute Gasteiger partial charge is 0.465 e. The van der Waals surface area contributed by atoms with Crippen molar-refractivity contribution >= 4 is 16.0 Å². The molecule has 0 unspecified atom stereocenters. The van der Waals surface area contributed by atoms with E-state index in [1.54, 1.807) is 24.3 Å². The van der Waals surface area contributed by atoms with Crippen LogP contribution in [-0.2, 0) is 21.3 Å². The first-order chi connectivity index (χ1) is 8.54. The third-order valence-corrected chi connectivity index (χ3v) is 4.88. The van der Waals surface area contributed by atoms with Gasteiger partial charge in [0, 0.05) is 13.1 Å². The lowest BCUT2D eigenvalue weighted by atomic mass is 10.1. The Morgan fingerprint density at radius 2 is 2.11 bits per heavy atom. The summed E-state index contributed by atoms with van der Waals surface area (Å²) in [6.07, 6.45) is 0.642. The molecule has 0 aromatic heterocycles. The van der Waals surface area contributed by atoms with Gasteiger partial charge in [0.15, 0.2) is 0 Å². The number of carbonyl (C=O) groups excluding carboxylic acids is 1. The zero-order valence-electron chi connectivity index (χ0n) is 10.1. The average Bonchev–Trinajstić information content (AvgIpc) is 2.68. The van der Waals surface area contributed by atoms with Crippen LogP contribution >= 0.6 is 0 Å². The monoisotopic (exact) mass is 269 g/mol. The van der Waals surface area contributed by atoms with Crippen LogP contribution in [0.2, 0.25) is 0 Å². The van der Waals surface area contributed by atoms with E-state index in [2.05, 4.69) is 4.74 Å². The lowest BCUT2D eigenvalue weighted by Gasteiger charge is -2.16. The van der Waals surface area contributed by atoms with E-state index < -0.39 is 16.0 Å². The van der Waals surface area contributed by atoms with Crippen LogP contribution in [0.3, 0.4) is 0 Å². The van der Waals surface area contributed by atoms with Crippen molar-refractivity contribution in [1.29, 1.82) is 0 Å². The Bertz CT molecular complexity index is 553. The molecule has 98 valence electrons. The summed E-state index contributed by atoms with van der Waals surface area (Å²) in [4.78, 5) is 11.6. The van der Waals surface area contributed by atoms with Gasteiger partial charge in [-0.25, -0.2) is 13.2 Å². The molecular weight excluding hydrogens is 254 g/mol. The van der Waals surface area contributed by atoms with E-state index in [0.29, 0.717) is 24.1 Å². The molecule has 1 saturated heterocycles. The first kappa shape index (κ1) is 13.0. The molecule has 1 aromatic rings. The van der Waals surface area contributed by atoms with Gasteiger partial charge in [-0.15, -0.1) is 0 Å². The quantitative estimate of drug-likeness (QED) is 0.768. The number of esters is 1. The van der Waals surface area contributed by atoms with Crippen LogP contribution in [0, 0.1) is 0 Å². The Morgan fingerprint density at radius 3 is 2.72 bits per heavy atom. The van der Waals surface area contributed by atoms with Gasteiger partial charge in [0.05, 0.1) is 18.4 Å². The molecule has 0 aliphatic carbocycles. The zero-order valence-corrected chi connectivity index (χ0v) is 10.9. The van der Waals surface area contributed by atoms with E-state index in [4.69, 9.17) is 0 Å². The lowest BCUT2D eigenvalue weighted by molar-refractivity contribution is 0.0599. The summed E-state index contributed by atoms with van der Waals surface area (Å²) >= 11 is 0. The number of ether oxygens (including phenoxy) is 1. The van der Waals surface area contributed by atoms with Crippen molar-refractivity contribution in [2.45, 2.75) is 13.0 Å². The highest BCUT2D eigenvalue weighted by Gasteiger charge is 2.29. The van der Waals surface area contributed by atoms with Crippen LogP contribution in [0.4, 0.5) is 0 Å². The second-order valence-electron chi connectivity index (χ2n) is 4.15. The standard InChI is InChI=1S/C12H15NO4S/c1-17-12(14)11-6-3-2-5-10(11)9-13-7-4-8-18(13,15)16/h2-3,5-6H,4,7-9H2,1H3. The summed E-state index contributed by atoms with van der Waals surface area (Å²) in [6.45, 7) is 0.742. The van der Waals surface area contributed by atoms with Crippen LogP contribution in [0.15, 0.2) is 24.3 Å². The summed E-state index contributed by atoms with van der Waals surface area (Å²) in [7, 11) is -1.84. The first-order valence-corrected chi connectivity index (χ1v) is 7.29. The Balaban J connectivity index is 2.27. The normalized spacial score (nSPS) is 18.7. The molecule has 1 fully saturated rings. The molecule has 1 aliphatic rings. The van der Waals surface area contributed by atoms with Gasteiger partial charge in [0.25, 0.3) is 0 Å². The van der Waals surface area contributed by atoms with Crippen LogP contribution < -0.4 is 0 Å². The molecule has 0 atom stereocenters. The van der Waals surface area contributed by atoms with Crippen molar-refractivity contribution in [2.24, 2.45) is 0 Å². The topological polar surface area (TPSA) is 63.7 Å². The molecule has 1 aromatic carbocycles. The molecule has 5 nitrogen and oxygen atoms in total. The maximum Gasteiger partial charge on any atom is 0.338 e. The van der Waals surface area contributed by atoms with Gasteiger partial charge in [-0.2, -0.15) is 4.31 Å². The molecule has 0 amide bonds. The highest BCUT2D eigenvalue weighted by atomic mass is 32.2. The minimum Gasteiger partial charge on any atom is -0.465 e. The third-order valence-electron chi connectivity index (χ3n) is 2.97. The summed E-state index contributed by atoms with van der Waals surface area (Å²) < 4.78 is 29.6. The van der Waals surface area contributed by atoms with Crippen molar-refractivity contribution in [3.63, 3.8) is 0 Å². The summed E-state index contributed by atoms with van der Waals surface area (Å²) in [5, 5.41) is 0. The molecule has 0 saturated carbocycles. The first-order valence-electron chi connectivity index (χ1n) is 5.68. The molecule has 0 N–H and O–H groups in total. The maximum absolute atomic E-state index is 11.7. The van der Waals surface area contributed by atoms with Crippen molar-refractivity contribution in [1.82, 2.24) is 4.31 Å². The van der Waals surface area contributed by atoms with Gasteiger partial charge in [0.2, 0.25) is 10.0 Å². The molecule has 6 heteroatoms. The van der Waals surface area contributed by atoms with Gasteiger partial charge in [-0.05, 0) is 18.1 Å². The van der Waals surface area contributed by atoms with E-state index in [1.807, 2.05) is 0 Å². The molecular formula is C12H15NO4S. The predicted molar refractivity (Wildman–Crippen MR) is 66.6 cm³/mol. The van der Waals surface area contributed by atoms with Gasteiger partial charge in [-0.3, -0.25) is 0 Å². The van der Waals surface area contributed by atoms with Crippen molar-refractivity contribution in [2.75, 3.05) is 19.4 Å². The molecule has 1 heterocycles. The van der Waals surface area contributed by atoms with Crippen LogP contribution in [-0.4, -0.2) is 38.1 Å².